The number of pyridine rings is 4. The minimum Gasteiger partial charge on any atom is -0.391 e. The quantitative estimate of drug-likeness (QED) is 0.0517. The standard InChI is InChI=1S/4C23H20ClFN2O3/c4*24-15-3-1-14(2-4-15)11-21(28)23(30)27-10-8-18(22(29)13-27)17-7-9-26-20-6-5-16(25)12-19(17)20/h4*1-7,9,12,18,22,29H,8,10-11,13H2/t2*18-,22+;2*18-,22-/m1010/s1. The molecule has 0 bridgehead atoms. The fraction of sp³-hybridized carbons (Fsp3) is 0.261. The van der Waals surface area contributed by atoms with Crippen LogP contribution in [0.25, 0.3) is 43.6 Å². The van der Waals surface area contributed by atoms with Gasteiger partial charge >= 0.3 is 0 Å². The first kappa shape index (κ1) is 86.5. The molecule has 28 heteroatoms. The molecular formula is C92H80Cl4F4N8O12. The van der Waals surface area contributed by atoms with Crippen LogP contribution in [-0.2, 0) is 64.0 Å². The van der Waals surface area contributed by atoms with Gasteiger partial charge in [-0.25, -0.2) is 17.6 Å². The Morgan fingerprint density at radius 2 is 0.483 bits per heavy atom. The number of β-amino-alcohol motifs (C(OH)–C–C–N with tert-alkyl or cyclic N) is 4. The molecule has 4 N–H and O–H groups in total. The van der Waals surface area contributed by atoms with E-state index in [0.717, 1.165) is 22.3 Å². The predicted octanol–water partition coefficient (Wildman–Crippen LogP) is 14.1. The van der Waals surface area contributed by atoms with E-state index in [1.165, 1.54) is 68.1 Å². The van der Waals surface area contributed by atoms with Gasteiger partial charge in [0.25, 0.3) is 23.6 Å². The van der Waals surface area contributed by atoms with Crippen molar-refractivity contribution >= 4 is 137 Å². The fourth-order valence-corrected chi connectivity index (χ4v) is 16.4. The molecule has 0 aliphatic carbocycles. The molecule has 4 aliphatic heterocycles. The molecule has 4 aliphatic rings. The number of hydrogen-bond acceptors (Lipinski definition) is 16. The van der Waals surface area contributed by atoms with E-state index in [1.807, 2.05) is 0 Å². The number of aliphatic hydroxyl groups is 4. The number of hydrogen-bond donors (Lipinski definition) is 4. The Morgan fingerprint density at radius 3 is 0.667 bits per heavy atom. The van der Waals surface area contributed by atoms with Crippen molar-refractivity contribution in [1.29, 1.82) is 0 Å². The average molecular weight is 1710 g/mol. The number of benzene rings is 8. The summed E-state index contributed by atoms with van der Waals surface area (Å²) < 4.78 is 55.0. The molecule has 20 nitrogen and oxygen atoms in total. The summed E-state index contributed by atoms with van der Waals surface area (Å²) in [6.07, 6.45) is 4.91. The number of Topliss-reactive ketones (excluding diaryl/α,β-unsaturated/α-hetero) is 4. The van der Waals surface area contributed by atoms with Crippen molar-refractivity contribution in [3.63, 3.8) is 0 Å². The number of likely N-dealkylation sites (tertiary alicyclic amines) is 4. The molecule has 8 aromatic carbocycles. The lowest BCUT2D eigenvalue weighted by atomic mass is 9.85. The van der Waals surface area contributed by atoms with Crippen LogP contribution in [0.5, 0.6) is 0 Å². The first-order chi connectivity index (χ1) is 57.7. The third-order valence-electron chi connectivity index (χ3n) is 22.1. The summed E-state index contributed by atoms with van der Waals surface area (Å²) in [7, 11) is 0. The topological polar surface area (TPSA) is 282 Å². The molecule has 120 heavy (non-hydrogen) atoms. The molecule has 4 aromatic heterocycles. The van der Waals surface area contributed by atoms with Gasteiger partial charge in [-0.2, -0.15) is 0 Å². The minimum absolute atomic E-state index is 0.0136. The molecule has 12 aromatic rings. The van der Waals surface area contributed by atoms with Gasteiger partial charge in [0.1, 0.15) is 23.3 Å². The average Bonchev–Trinajstić information content (AvgIpc) is 0.797. The smallest absolute Gasteiger partial charge is 0.290 e. The largest absolute Gasteiger partial charge is 0.391 e. The maximum atomic E-state index is 13.8. The van der Waals surface area contributed by atoms with Gasteiger partial charge in [-0.05, 0) is 216 Å². The van der Waals surface area contributed by atoms with Gasteiger partial charge in [0.15, 0.2) is 0 Å². The normalized spacial score (nSPS) is 19.1. The van der Waals surface area contributed by atoms with Crippen molar-refractivity contribution in [3.05, 3.63) is 307 Å². The Hall–Kier alpha value is -11.3. The van der Waals surface area contributed by atoms with E-state index in [9.17, 15) is 76.3 Å². The molecule has 616 valence electrons. The zero-order chi connectivity index (χ0) is 85.0. The van der Waals surface area contributed by atoms with Gasteiger partial charge in [-0.1, -0.05) is 94.9 Å². The van der Waals surface area contributed by atoms with Gasteiger partial charge in [0.05, 0.1) is 46.5 Å². The Kier molecular flexibility index (Phi) is 28.3. The highest BCUT2D eigenvalue weighted by atomic mass is 35.5. The van der Waals surface area contributed by atoms with Gasteiger partial charge in [0.2, 0.25) is 23.1 Å². The highest BCUT2D eigenvalue weighted by Crippen LogP contribution is 2.39. The number of halogens is 8. The Balaban J connectivity index is 0.000000138. The lowest BCUT2D eigenvalue weighted by Crippen LogP contribution is -2.48. The molecule has 8 heterocycles. The van der Waals surface area contributed by atoms with Gasteiger partial charge < -0.3 is 40.0 Å². The molecule has 0 unspecified atom stereocenters. The number of aliphatic hydroxyl groups excluding tert-OH is 4. The first-order valence-electron chi connectivity index (χ1n) is 38.8. The van der Waals surface area contributed by atoms with Crippen molar-refractivity contribution in [2.75, 3.05) is 52.4 Å². The lowest BCUT2D eigenvalue weighted by molar-refractivity contribution is -0.146. The van der Waals surface area contributed by atoms with Crippen LogP contribution in [0, 0.1) is 23.3 Å². The van der Waals surface area contributed by atoms with Crippen molar-refractivity contribution in [2.24, 2.45) is 0 Å². The number of piperidine rings is 4. The number of amides is 4. The van der Waals surface area contributed by atoms with Crippen LogP contribution in [0.2, 0.25) is 20.1 Å². The summed E-state index contributed by atoms with van der Waals surface area (Å²) in [6.45, 7) is 1.56. The maximum Gasteiger partial charge on any atom is 0.290 e. The minimum atomic E-state index is -0.861. The highest BCUT2D eigenvalue weighted by Gasteiger charge is 2.39. The Bertz CT molecular complexity index is 5120. The number of aromatic nitrogens is 4. The third kappa shape index (κ3) is 21.3. The van der Waals surface area contributed by atoms with Crippen LogP contribution < -0.4 is 0 Å². The van der Waals surface area contributed by atoms with Crippen molar-refractivity contribution in [3.8, 4) is 0 Å². The van der Waals surface area contributed by atoms with Crippen LogP contribution in [-0.4, -0.2) is 183 Å². The summed E-state index contributed by atoms with van der Waals surface area (Å²) in [5.74, 6) is -7.09. The fourth-order valence-electron chi connectivity index (χ4n) is 15.9. The van der Waals surface area contributed by atoms with Crippen molar-refractivity contribution < 1.29 is 76.3 Å². The molecule has 4 saturated heterocycles. The van der Waals surface area contributed by atoms with Crippen LogP contribution in [0.3, 0.4) is 0 Å². The van der Waals surface area contributed by atoms with E-state index in [4.69, 9.17) is 46.4 Å². The number of rotatable bonds is 16. The summed E-state index contributed by atoms with van der Waals surface area (Å²) in [5.41, 5.74) is 8.62. The van der Waals surface area contributed by atoms with E-state index in [1.54, 1.807) is 170 Å². The number of ketones is 4. The van der Waals surface area contributed by atoms with Gasteiger partial charge in [-0.3, -0.25) is 58.3 Å². The van der Waals surface area contributed by atoms with Crippen LogP contribution in [0.15, 0.2) is 219 Å². The lowest BCUT2D eigenvalue weighted by Gasteiger charge is -2.36. The molecule has 0 radical (unpaired) electrons. The zero-order valence-electron chi connectivity index (χ0n) is 64.4. The second kappa shape index (κ2) is 39.3. The van der Waals surface area contributed by atoms with Crippen LogP contribution in [0.1, 0.15) is 93.9 Å². The number of nitrogens with zero attached hydrogens (tertiary/aromatic N) is 8. The molecule has 4 fully saturated rings. The van der Waals surface area contributed by atoms with Gasteiger partial charge in [0, 0.05) is 168 Å². The third-order valence-corrected chi connectivity index (χ3v) is 23.1. The van der Waals surface area contributed by atoms with Crippen LogP contribution >= 0.6 is 46.4 Å². The van der Waals surface area contributed by atoms with E-state index < -0.39 is 71.2 Å². The number of carbonyl (C=O) groups excluding carboxylic acids is 8. The SMILES string of the molecule is O=C(Cc1ccc(Cl)cc1)C(=O)N1CC[C@@H](c2ccnc3ccc(F)cc23)[C@@H](O)C1.O=C(Cc1ccc(Cl)cc1)C(=O)N1CC[C@@H](c2ccnc3ccc(F)cc23)[C@H](O)C1.O=C(Cc1ccc(Cl)cc1)C(=O)N1CC[C@H](c2ccnc3ccc(F)cc23)[C@@H](O)C1.O=C(Cc1ccc(Cl)cc1)C(=O)N1CC[C@H](c2ccnc3ccc(F)cc23)[C@H](O)C1. The summed E-state index contributed by atoms with van der Waals surface area (Å²) in [6, 6.07) is 51.7. The summed E-state index contributed by atoms with van der Waals surface area (Å²) in [5, 5.41) is 47.8. The second-order valence-electron chi connectivity index (χ2n) is 30.0. The zero-order valence-corrected chi connectivity index (χ0v) is 67.4. The van der Waals surface area contributed by atoms with Crippen molar-refractivity contribution in [2.45, 2.75) is 99.5 Å². The Morgan fingerprint density at radius 1 is 0.292 bits per heavy atom. The molecule has 4 amide bonds. The van der Waals surface area contributed by atoms with E-state index in [-0.39, 0.29) is 98.8 Å². The molecule has 0 spiro atoms. The Labute approximate surface area is 706 Å². The van der Waals surface area contributed by atoms with E-state index in [0.29, 0.717) is 138 Å². The monoisotopic (exact) mass is 1700 g/mol. The van der Waals surface area contributed by atoms with Gasteiger partial charge in [-0.15, -0.1) is 0 Å². The van der Waals surface area contributed by atoms with E-state index >= 15 is 0 Å². The summed E-state index contributed by atoms with van der Waals surface area (Å²) in [4.78, 5) is 123. The number of fused-ring (bicyclic) bond motifs is 4. The molecule has 8 atom stereocenters. The van der Waals surface area contributed by atoms with E-state index in [2.05, 4.69) is 19.9 Å². The first-order valence-corrected chi connectivity index (χ1v) is 40.3. The predicted molar refractivity (Wildman–Crippen MR) is 447 cm³/mol. The van der Waals surface area contributed by atoms with Crippen molar-refractivity contribution in [1.82, 2.24) is 39.5 Å². The molecule has 16 rings (SSSR count). The number of carbonyl (C=O) groups is 8. The summed E-state index contributed by atoms with van der Waals surface area (Å²) >= 11 is 23.4. The highest BCUT2D eigenvalue weighted by molar-refractivity contribution is 6.38. The molecular weight excluding hydrogens is 1630 g/mol. The van der Waals surface area contributed by atoms with Crippen LogP contribution in [0.4, 0.5) is 17.6 Å². The molecule has 0 saturated carbocycles. The second-order valence-corrected chi connectivity index (χ2v) is 31.8. The maximum absolute atomic E-state index is 13.8.